The molecule has 6 nitrogen and oxygen atoms in total. The van der Waals surface area contributed by atoms with Crippen LogP contribution in [0.4, 0.5) is 0 Å². The Hall–Kier alpha value is -1.31. The molecule has 8 heteroatoms. The Kier molecular flexibility index (Phi) is 6.00. The van der Waals surface area contributed by atoms with Crippen molar-refractivity contribution >= 4 is 27.6 Å². The van der Waals surface area contributed by atoms with Crippen LogP contribution in [0.5, 0.6) is 0 Å². The van der Waals surface area contributed by atoms with Crippen LogP contribution >= 0.6 is 11.6 Å². The van der Waals surface area contributed by atoms with E-state index in [2.05, 4.69) is 15.0 Å². The Balaban J connectivity index is 2.54. The molecule has 0 fully saturated rings. The second-order valence-corrected chi connectivity index (χ2v) is 7.70. The largest absolute Gasteiger partial charge is 0.370 e. The predicted molar refractivity (Wildman–Crippen MR) is 86.0 cm³/mol. The number of halogens is 1. The van der Waals surface area contributed by atoms with Gasteiger partial charge in [0.1, 0.15) is 0 Å². The molecular weight excluding hydrogens is 312 g/mol. The van der Waals surface area contributed by atoms with E-state index in [1.54, 1.807) is 12.1 Å². The molecule has 1 aromatic rings. The second-order valence-electron chi connectivity index (χ2n) is 5.50. The number of nitrogens with zero attached hydrogens (tertiary/aromatic N) is 1. The van der Waals surface area contributed by atoms with Crippen molar-refractivity contribution in [2.45, 2.75) is 31.2 Å². The van der Waals surface area contributed by atoms with Gasteiger partial charge in [-0.25, -0.2) is 13.1 Å². The van der Waals surface area contributed by atoms with Gasteiger partial charge in [-0.05, 0) is 39.0 Å². The minimum Gasteiger partial charge on any atom is -0.370 e. The molecule has 0 saturated heterocycles. The first-order valence-corrected chi connectivity index (χ1v) is 8.30. The molecule has 0 aliphatic rings. The number of sulfonamides is 1. The maximum atomic E-state index is 12.0. The summed E-state index contributed by atoms with van der Waals surface area (Å²) in [5.74, 6) is 0.282. The van der Waals surface area contributed by atoms with Crippen molar-refractivity contribution in [2.75, 3.05) is 13.1 Å². The first-order valence-electron chi connectivity index (χ1n) is 6.43. The highest BCUT2D eigenvalue weighted by Crippen LogP contribution is 2.14. The molecule has 0 amide bonds. The van der Waals surface area contributed by atoms with Gasteiger partial charge in [-0.2, -0.15) is 0 Å². The molecule has 0 aliphatic carbocycles. The fraction of sp³-hybridized carbons (Fsp3) is 0.462. The molecule has 0 aromatic heterocycles. The lowest BCUT2D eigenvalue weighted by atomic mass is 10.1. The summed E-state index contributed by atoms with van der Waals surface area (Å²) in [6.07, 6.45) is 0. The van der Waals surface area contributed by atoms with Crippen molar-refractivity contribution in [2.24, 2.45) is 10.7 Å². The highest BCUT2D eigenvalue weighted by Gasteiger charge is 2.13. The average molecular weight is 333 g/mol. The van der Waals surface area contributed by atoms with Gasteiger partial charge in [0.15, 0.2) is 5.96 Å². The van der Waals surface area contributed by atoms with Gasteiger partial charge in [0.2, 0.25) is 10.0 Å². The summed E-state index contributed by atoms with van der Waals surface area (Å²) in [4.78, 5) is 4.18. The molecule has 0 aliphatic heterocycles. The van der Waals surface area contributed by atoms with E-state index in [1.165, 1.54) is 12.1 Å². The molecule has 0 unspecified atom stereocenters. The fourth-order valence-electron chi connectivity index (χ4n) is 1.50. The van der Waals surface area contributed by atoms with Gasteiger partial charge in [-0.3, -0.25) is 4.99 Å². The Bertz CT molecular complexity index is 609. The quantitative estimate of drug-likeness (QED) is 0.430. The lowest BCUT2D eigenvalue weighted by molar-refractivity contribution is 0.508. The van der Waals surface area contributed by atoms with E-state index in [4.69, 9.17) is 17.3 Å². The molecular formula is C13H21ClN4O2S. The van der Waals surface area contributed by atoms with Crippen molar-refractivity contribution in [3.05, 3.63) is 29.3 Å². The molecule has 0 heterocycles. The first kappa shape index (κ1) is 17.7. The summed E-state index contributed by atoms with van der Waals surface area (Å²) in [5.41, 5.74) is 5.50. The van der Waals surface area contributed by atoms with Crippen molar-refractivity contribution in [3.63, 3.8) is 0 Å². The lowest BCUT2D eigenvalue weighted by Crippen LogP contribution is -2.45. The van der Waals surface area contributed by atoms with Gasteiger partial charge in [0.25, 0.3) is 0 Å². The number of aliphatic imine (C=N–C) groups is 1. The number of guanidine groups is 1. The number of nitrogens with two attached hydrogens (primary N) is 1. The zero-order chi connectivity index (χ0) is 16.1. The summed E-state index contributed by atoms with van der Waals surface area (Å²) >= 11 is 5.78. The van der Waals surface area contributed by atoms with Crippen molar-refractivity contribution in [1.29, 1.82) is 0 Å². The molecule has 4 N–H and O–H groups in total. The third-order valence-electron chi connectivity index (χ3n) is 2.30. The van der Waals surface area contributed by atoms with E-state index in [0.29, 0.717) is 5.02 Å². The Morgan fingerprint density at radius 2 is 2.05 bits per heavy atom. The standard InChI is InChI=1S/C13H21ClN4O2S/c1-13(2,3)18-12(15)16-7-8-17-21(19,20)11-6-4-5-10(14)9-11/h4-6,9,17H,7-8H2,1-3H3,(H3,15,16,18). The molecule has 1 aromatic carbocycles. The Morgan fingerprint density at radius 3 is 2.62 bits per heavy atom. The monoisotopic (exact) mass is 332 g/mol. The van der Waals surface area contributed by atoms with Gasteiger partial charge in [0, 0.05) is 17.1 Å². The fourth-order valence-corrected chi connectivity index (χ4v) is 2.82. The summed E-state index contributed by atoms with van der Waals surface area (Å²) in [6, 6.07) is 6.07. The van der Waals surface area contributed by atoms with Crippen LogP contribution in [-0.2, 0) is 10.0 Å². The highest BCUT2D eigenvalue weighted by molar-refractivity contribution is 7.89. The number of rotatable bonds is 5. The van der Waals surface area contributed by atoms with E-state index >= 15 is 0 Å². The summed E-state index contributed by atoms with van der Waals surface area (Å²) in [7, 11) is -3.58. The average Bonchev–Trinajstić information content (AvgIpc) is 2.32. The number of nitrogens with one attached hydrogen (secondary N) is 2. The van der Waals surface area contributed by atoms with Crippen LogP contribution in [0.15, 0.2) is 34.2 Å². The number of hydrogen-bond acceptors (Lipinski definition) is 3. The summed E-state index contributed by atoms with van der Waals surface area (Å²) in [6.45, 7) is 6.27. The highest BCUT2D eigenvalue weighted by atomic mass is 35.5. The third-order valence-corrected chi connectivity index (χ3v) is 3.99. The maximum Gasteiger partial charge on any atom is 0.240 e. The van der Waals surface area contributed by atoms with Crippen LogP contribution in [0.3, 0.4) is 0 Å². The zero-order valence-corrected chi connectivity index (χ0v) is 13.9. The Labute approximate surface area is 130 Å². The topological polar surface area (TPSA) is 96.6 Å². The molecule has 0 atom stereocenters. The maximum absolute atomic E-state index is 12.0. The minimum atomic E-state index is -3.58. The summed E-state index contributed by atoms with van der Waals surface area (Å²) in [5, 5.41) is 3.36. The molecule has 0 saturated carbocycles. The van der Waals surface area contributed by atoms with Gasteiger partial charge in [-0.15, -0.1) is 0 Å². The lowest BCUT2D eigenvalue weighted by Gasteiger charge is -2.20. The molecule has 21 heavy (non-hydrogen) atoms. The van der Waals surface area contributed by atoms with E-state index in [1.807, 2.05) is 20.8 Å². The minimum absolute atomic E-state index is 0.125. The van der Waals surface area contributed by atoms with Crippen LogP contribution < -0.4 is 15.8 Å². The zero-order valence-electron chi connectivity index (χ0n) is 12.4. The second kappa shape index (κ2) is 7.11. The van der Waals surface area contributed by atoms with Gasteiger partial charge in [0.05, 0.1) is 11.4 Å². The first-order chi connectivity index (χ1) is 9.60. The van der Waals surface area contributed by atoms with E-state index in [9.17, 15) is 8.42 Å². The third kappa shape index (κ3) is 6.79. The van der Waals surface area contributed by atoms with Crippen LogP contribution in [0.1, 0.15) is 20.8 Å². The predicted octanol–water partition coefficient (Wildman–Crippen LogP) is 1.32. The Morgan fingerprint density at radius 1 is 1.38 bits per heavy atom. The van der Waals surface area contributed by atoms with Gasteiger partial charge >= 0.3 is 0 Å². The van der Waals surface area contributed by atoms with Crippen molar-refractivity contribution in [1.82, 2.24) is 10.0 Å². The smallest absolute Gasteiger partial charge is 0.240 e. The van der Waals surface area contributed by atoms with Crippen LogP contribution in [0.2, 0.25) is 5.02 Å². The normalized spacial score (nSPS) is 13.2. The van der Waals surface area contributed by atoms with Gasteiger partial charge in [-0.1, -0.05) is 17.7 Å². The van der Waals surface area contributed by atoms with Crippen LogP contribution in [0, 0.1) is 0 Å². The van der Waals surface area contributed by atoms with Crippen molar-refractivity contribution < 1.29 is 8.42 Å². The van der Waals surface area contributed by atoms with E-state index in [0.717, 1.165) is 0 Å². The van der Waals surface area contributed by atoms with Crippen LogP contribution in [-0.4, -0.2) is 33.0 Å². The number of hydrogen-bond donors (Lipinski definition) is 3. The SMILES string of the molecule is CC(C)(C)NC(N)=NCCNS(=O)(=O)c1cccc(Cl)c1. The van der Waals surface area contributed by atoms with E-state index < -0.39 is 10.0 Å². The molecule has 1 rings (SSSR count). The molecule has 118 valence electrons. The molecule has 0 bridgehead atoms. The van der Waals surface area contributed by atoms with E-state index in [-0.39, 0.29) is 29.5 Å². The number of benzene rings is 1. The van der Waals surface area contributed by atoms with Crippen molar-refractivity contribution in [3.8, 4) is 0 Å². The van der Waals surface area contributed by atoms with Crippen LogP contribution in [0.25, 0.3) is 0 Å². The summed E-state index contributed by atoms with van der Waals surface area (Å²) < 4.78 is 26.4. The van der Waals surface area contributed by atoms with Gasteiger partial charge < -0.3 is 11.1 Å². The molecule has 0 spiro atoms. The molecule has 0 radical (unpaired) electrons.